The molecule has 0 spiro atoms. The van der Waals surface area contributed by atoms with Crippen LogP contribution in [-0.2, 0) is 5.75 Å². The smallest absolute Gasteiger partial charge is 0.358 e. The van der Waals surface area contributed by atoms with Crippen LogP contribution in [0, 0.1) is 0 Å². The Morgan fingerprint density at radius 2 is 1.95 bits per heavy atom. The summed E-state index contributed by atoms with van der Waals surface area (Å²) in [4.78, 5) is 11.7. The van der Waals surface area contributed by atoms with Gasteiger partial charge in [-0.3, -0.25) is 0 Å². The van der Waals surface area contributed by atoms with E-state index in [4.69, 9.17) is 9.63 Å². The highest BCUT2D eigenvalue weighted by atomic mass is 32.2. The van der Waals surface area contributed by atoms with E-state index in [0.717, 1.165) is 15.7 Å². The highest BCUT2D eigenvalue weighted by molar-refractivity contribution is 7.98. The number of hydrogen-bond donors (Lipinski definition) is 2. The zero-order valence-corrected chi connectivity index (χ0v) is 11.6. The SMILES string of the molecule is O=C(O)c1cc(CSc2ccc(O)c3ccccc23)on1. The first-order valence-electron chi connectivity index (χ1n) is 6.17. The van der Waals surface area contributed by atoms with Crippen LogP contribution < -0.4 is 0 Å². The standard InChI is InChI=1S/C15H11NO4S/c17-13-5-6-14(11-4-2-1-3-10(11)13)21-8-9-7-12(15(18)19)16-20-9/h1-7,17H,8H2,(H,18,19). The van der Waals surface area contributed by atoms with Crippen LogP contribution in [0.15, 0.2) is 51.9 Å². The summed E-state index contributed by atoms with van der Waals surface area (Å²) in [6.45, 7) is 0. The third kappa shape index (κ3) is 2.71. The number of carboxylic acid groups (broad SMARTS) is 1. The average molecular weight is 301 g/mol. The summed E-state index contributed by atoms with van der Waals surface area (Å²) in [5.74, 6) is 0.0945. The second-order valence-electron chi connectivity index (χ2n) is 4.40. The van der Waals surface area contributed by atoms with E-state index in [-0.39, 0.29) is 11.4 Å². The number of aromatic nitrogens is 1. The molecule has 2 aromatic carbocycles. The molecule has 0 bridgehead atoms. The summed E-state index contributed by atoms with van der Waals surface area (Å²) in [6, 6.07) is 12.4. The van der Waals surface area contributed by atoms with Crippen LogP contribution in [-0.4, -0.2) is 21.3 Å². The molecule has 1 heterocycles. The normalized spacial score (nSPS) is 10.9. The Hall–Kier alpha value is -2.47. The van der Waals surface area contributed by atoms with Gasteiger partial charge in [0.2, 0.25) is 0 Å². The number of carboxylic acids is 1. The first-order valence-corrected chi connectivity index (χ1v) is 7.16. The molecule has 106 valence electrons. The van der Waals surface area contributed by atoms with E-state index in [2.05, 4.69) is 5.16 Å². The second kappa shape index (κ2) is 5.49. The van der Waals surface area contributed by atoms with Gasteiger partial charge in [-0.1, -0.05) is 29.4 Å². The number of rotatable bonds is 4. The third-order valence-corrected chi connectivity index (χ3v) is 4.10. The highest BCUT2D eigenvalue weighted by Gasteiger charge is 2.12. The number of aromatic hydroxyl groups is 1. The van der Waals surface area contributed by atoms with Gasteiger partial charge >= 0.3 is 5.97 Å². The van der Waals surface area contributed by atoms with Crippen molar-refractivity contribution in [2.75, 3.05) is 0 Å². The zero-order valence-electron chi connectivity index (χ0n) is 10.8. The molecular formula is C15H11NO4S. The Balaban J connectivity index is 1.85. The van der Waals surface area contributed by atoms with Crippen molar-refractivity contribution in [2.45, 2.75) is 10.6 Å². The molecule has 21 heavy (non-hydrogen) atoms. The molecule has 3 aromatic rings. The van der Waals surface area contributed by atoms with Crippen molar-refractivity contribution in [3.05, 3.63) is 53.9 Å². The lowest BCUT2D eigenvalue weighted by molar-refractivity contribution is 0.0685. The number of thioether (sulfide) groups is 1. The zero-order chi connectivity index (χ0) is 14.8. The molecule has 0 aliphatic rings. The summed E-state index contributed by atoms with van der Waals surface area (Å²) in [5, 5.41) is 23.8. The average Bonchev–Trinajstić information content (AvgIpc) is 2.96. The molecule has 0 fully saturated rings. The van der Waals surface area contributed by atoms with Crippen LogP contribution >= 0.6 is 11.8 Å². The molecule has 0 radical (unpaired) electrons. The van der Waals surface area contributed by atoms with E-state index in [1.807, 2.05) is 30.3 Å². The number of hydrogen-bond acceptors (Lipinski definition) is 5. The topological polar surface area (TPSA) is 83.6 Å². The van der Waals surface area contributed by atoms with Crippen molar-refractivity contribution >= 4 is 28.5 Å². The van der Waals surface area contributed by atoms with Gasteiger partial charge in [-0.25, -0.2) is 4.79 Å². The monoisotopic (exact) mass is 301 g/mol. The lowest BCUT2D eigenvalue weighted by Crippen LogP contribution is -1.94. The Morgan fingerprint density at radius 1 is 1.19 bits per heavy atom. The third-order valence-electron chi connectivity index (χ3n) is 3.01. The Kier molecular flexibility index (Phi) is 3.53. The van der Waals surface area contributed by atoms with Gasteiger partial charge in [-0.15, -0.1) is 11.8 Å². The minimum atomic E-state index is -1.11. The number of benzene rings is 2. The fourth-order valence-corrected chi connectivity index (χ4v) is 2.94. The maximum Gasteiger partial charge on any atom is 0.358 e. The molecule has 3 rings (SSSR count). The van der Waals surface area contributed by atoms with Crippen LogP contribution in [0.5, 0.6) is 5.75 Å². The summed E-state index contributed by atoms with van der Waals surface area (Å²) in [7, 11) is 0. The van der Waals surface area contributed by atoms with Crippen LogP contribution in [0.2, 0.25) is 0 Å². The van der Waals surface area contributed by atoms with Gasteiger partial charge in [0, 0.05) is 16.3 Å². The molecule has 0 aliphatic heterocycles. The molecule has 5 nitrogen and oxygen atoms in total. The van der Waals surface area contributed by atoms with Crippen LogP contribution in [0.4, 0.5) is 0 Å². The number of nitrogens with zero attached hydrogens (tertiary/aromatic N) is 1. The van der Waals surface area contributed by atoms with Crippen LogP contribution in [0.1, 0.15) is 16.2 Å². The van der Waals surface area contributed by atoms with Crippen molar-refractivity contribution < 1.29 is 19.5 Å². The van der Waals surface area contributed by atoms with Crippen molar-refractivity contribution in [3.63, 3.8) is 0 Å². The molecule has 0 unspecified atom stereocenters. The van der Waals surface area contributed by atoms with Gasteiger partial charge in [-0.2, -0.15) is 0 Å². The Bertz CT molecular complexity index is 812. The van der Waals surface area contributed by atoms with Gasteiger partial charge in [-0.05, 0) is 17.5 Å². The van der Waals surface area contributed by atoms with E-state index in [1.54, 1.807) is 6.07 Å². The van der Waals surface area contributed by atoms with Gasteiger partial charge in [0.15, 0.2) is 5.69 Å². The van der Waals surface area contributed by atoms with E-state index in [1.165, 1.54) is 17.8 Å². The first kappa shape index (κ1) is 13.5. The molecule has 2 N–H and O–H groups in total. The molecule has 0 aliphatic carbocycles. The second-order valence-corrected chi connectivity index (χ2v) is 5.42. The number of phenols is 1. The molecule has 6 heteroatoms. The fraction of sp³-hybridized carbons (Fsp3) is 0.0667. The Morgan fingerprint density at radius 3 is 2.67 bits per heavy atom. The predicted octanol–water partition coefficient (Wildman–Crippen LogP) is 3.52. The quantitative estimate of drug-likeness (QED) is 0.717. The number of fused-ring (bicyclic) bond motifs is 1. The van der Waals surface area contributed by atoms with E-state index < -0.39 is 5.97 Å². The van der Waals surface area contributed by atoms with Gasteiger partial charge in [0.25, 0.3) is 0 Å². The lowest BCUT2D eigenvalue weighted by Gasteiger charge is -2.06. The van der Waals surface area contributed by atoms with Crippen molar-refractivity contribution in [1.29, 1.82) is 0 Å². The van der Waals surface area contributed by atoms with Crippen LogP contribution in [0.25, 0.3) is 10.8 Å². The van der Waals surface area contributed by atoms with Crippen LogP contribution in [0.3, 0.4) is 0 Å². The molecule has 1 aromatic heterocycles. The molecule has 0 atom stereocenters. The predicted molar refractivity (Wildman–Crippen MR) is 78.6 cm³/mol. The molecular weight excluding hydrogens is 290 g/mol. The summed E-state index contributed by atoms with van der Waals surface area (Å²) >= 11 is 1.50. The highest BCUT2D eigenvalue weighted by Crippen LogP contribution is 2.34. The number of phenolic OH excluding ortho intramolecular Hbond substituents is 1. The number of carbonyl (C=O) groups is 1. The van der Waals surface area contributed by atoms with Crippen molar-refractivity contribution in [3.8, 4) is 5.75 Å². The van der Waals surface area contributed by atoms with Crippen molar-refractivity contribution in [2.24, 2.45) is 0 Å². The summed E-state index contributed by atoms with van der Waals surface area (Å²) < 4.78 is 4.98. The Labute approximate surface area is 124 Å². The maximum atomic E-state index is 10.7. The van der Waals surface area contributed by atoms with Gasteiger partial charge in [0.05, 0.1) is 5.75 Å². The molecule has 0 amide bonds. The maximum absolute atomic E-state index is 10.7. The number of aromatic carboxylic acids is 1. The van der Waals surface area contributed by atoms with E-state index in [9.17, 15) is 9.90 Å². The van der Waals surface area contributed by atoms with Gasteiger partial charge in [0.1, 0.15) is 11.5 Å². The minimum Gasteiger partial charge on any atom is -0.507 e. The molecule has 0 saturated carbocycles. The largest absolute Gasteiger partial charge is 0.507 e. The lowest BCUT2D eigenvalue weighted by atomic mass is 10.1. The minimum absolute atomic E-state index is 0.0961. The van der Waals surface area contributed by atoms with E-state index >= 15 is 0 Å². The van der Waals surface area contributed by atoms with Gasteiger partial charge < -0.3 is 14.7 Å². The van der Waals surface area contributed by atoms with E-state index in [0.29, 0.717) is 11.5 Å². The first-order chi connectivity index (χ1) is 10.1. The van der Waals surface area contributed by atoms with Crippen molar-refractivity contribution in [1.82, 2.24) is 5.16 Å². The summed E-state index contributed by atoms with van der Waals surface area (Å²) in [5.41, 5.74) is -0.0961. The summed E-state index contributed by atoms with van der Waals surface area (Å²) in [6.07, 6.45) is 0. The molecule has 0 saturated heterocycles. The fourth-order valence-electron chi connectivity index (χ4n) is 2.01.